The van der Waals surface area contributed by atoms with Gasteiger partial charge in [0.1, 0.15) is 11.5 Å². The van der Waals surface area contributed by atoms with Crippen molar-refractivity contribution in [1.82, 2.24) is 9.88 Å². The van der Waals surface area contributed by atoms with Crippen LogP contribution in [0.2, 0.25) is 0 Å². The van der Waals surface area contributed by atoms with Crippen LogP contribution in [0.5, 0.6) is 5.75 Å². The van der Waals surface area contributed by atoms with Crippen molar-refractivity contribution in [2.45, 2.75) is 84.6 Å². The second kappa shape index (κ2) is 15.8. The van der Waals surface area contributed by atoms with Crippen molar-refractivity contribution in [2.75, 3.05) is 13.1 Å². The Balaban J connectivity index is 1.42. The fourth-order valence-corrected chi connectivity index (χ4v) is 6.13. The molecule has 1 fully saturated rings. The third kappa shape index (κ3) is 7.73. The van der Waals surface area contributed by atoms with Crippen molar-refractivity contribution in [1.29, 1.82) is 0 Å². The highest BCUT2D eigenvalue weighted by Crippen LogP contribution is 2.33. The van der Waals surface area contributed by atoms with Crippen LogP contribution in [0.4, 0.5) is 0 Å². The number of rotatable bonds is 17. The molecule has 4 aromatic rings. The van der Waals surface area contributed by atoms with Crippen LogP contribution in [0.15, 0.2) is 65.8 Å². The molecule has 46 heavy (non-hydrogen) atoms. The Morgan fingerprint density at radius 1 is 0.804 bits per heavy atom. The number of nitrogens with zero attached hydrogens (tertiary/aromatic N) is 2. The van der Waals surface area contributed by atoms with Crippen molar-refractivity contribution >= 4 is 45.1 Å². The van der Waals surface area contributed by atoms with Crippen LogP contribution >= 0.6 is 0 Å². The van der Waals surface area contributed by atoms with E-state index in [1.54, 1.807) is 24.3 Å². The van der Waals surface area contributed by atoms with Crippen LogP contribution in [-0.4, -0.2) is 46.1 Å². The molecule has 2 heterocycles. The minimum Gasteiger partial charge on any atom is -0.427 e. The number of carbonyl (C=O) groups is 3. The first-order chi connectivity index (χ1) is 22.4. The van der Waals surface area contributed by atoms with Gasteiger partial charge in [-0.3, -0.25) is 14.4 Å². The molecule has 8 heteroatoms. The van der Waals surface area contributed by atoms with Crippen LogP contribution in [-0.2, 0) is 11.3 Å². The van der Waals surface area contributed by atoms with Crippen molar-refractivity contribution in [3.63, 3.8) is 0 Å². The molecule has 0 atom stereocenters. The lowest BCUT2D eigenvalue weighted by molar-refractivity contribution is -0.134. The van der Waals surface area contributed by atoms with Gasteiger partial charge in [0.25, 0.3) is 0 Å². The number of fused-ring (bicyclic) bond motifs is 3. The van der Waals surface area contributed by atoms with Gasteiger partial charge in [-0.1, -0.05) is 51.1 Å². The SMILES string of the molecule is CCCCCCC(=O)Oc1ccc(C(=O)c2ccc3c(c2)c2cc(C(=O)/C(CCCCC)=N/O)ccc2n3CCC2CNC2)cc1. The summed E-state index contributed by atoms with van der Waals surface area (Å²) in [7, 11) is 0. The molecule has 0 amide bonds. The first kappa shape index (κ1) is 33.1. The second-order valence-electron chi connectivity index (χ2n) is 12.4. The molecule has 1 aliphatic heterocycles. The predicted octanol–water partition coefficient (Wildman–Crippen LogP) is 8.10. The number of aryl methyl sites for hydroxylation is 1. The van der Waals surface area contributed by atoms with E-state index in [-0.39, 0.29) is 23.2 Å². The van der Waals surface area contributed by atoms with Gasteiger partial charge >= 0.3 is 5.97 Å². The van der Waals surface area contributed by atoms with Crippen molar-refractivity contribution in [3.8, 4) is 5.75 Å². The Hall–Kier alpha value is -4.30. The second-order valence-corrected chi connectivity index (χ2v) is 12.4. The predicted molar refractivity (Wildman–Crippen MR) is 182 cm³/mol. The maximum Gasteiger partial charge on any atom is 0.311 e. The molecule has 2 N–H and O–H groups in total. The fraction of sp³-hybridized carbons (Fsp3) is 0.421. The zero-order valence-electron chi connectivity index (χ0n) is 27.0. The summed E-state index contributed by atoms with van der Waals surface area (Å²) in [5, 5.41) is 18.1. The Bertz CT molecular complexity index is 1720. The van der Waals surface area contributed by atoms with Gasteiger partial charge in [0, 0.05) is 51.5 Å². The number of benzene rings is 3. The molecule has 0 spiro atoms. The summed E-state index contributed by atoms with van der Waals surface area (Å²) < 4.78 is 7.75. The normalized spacial score (nSPS) is 13.7. The molecule has 0 saturated carbocycles. The average Bonchev–Trinajstić information content (AvgIpc) is 3.36. The van der Waals surface area contributed by atoms with E-state index in [1.807, 2.05) is 36.4 Å². The molecule has 1 aromatic heterocycles. The minimum atomic E-state index is -0.282. The summed E-state index contributed by atoms with van der Waals surface area (Å²) in [5.74, 6) is 0.371. The lowest BCUT2D eigenvalue weighted by Crippen LogP contribution is -2.42. The molecule has 0 bridgehead atoms. The van der Waals surface area contributed by atoms with E-state index in [0.717, 1.165) is 92.8 Å². The van der Waals surface area contributed by atoms with E-state index in [9.17, 15) is 19.6 Å². The zero-order valence-corrected chi connectivity index (χ0v) is 27.0. The topological polar surface area (TPSA) is 110 Å². The summed E-state index contributed by atoms with van der Waals surface area (Å²) in [6.45, 7) is 7.09. The van der Waals surface area contributed by atoms with Gasteiger partial charge in [-0.05, 0) is 105 Å². The Morgan fingerprint density at radius 3 is 2.04 bits per heavy atom. The number of unbranched alkanes of at least 4 members (excludes halogenated alkanes) is 5. The molecular weight excluding hydrogens is 578 g/mol. The standard InChI is InChI=1S/C38H45N3O5/c1-3-5-7-9-11-36(42)46-30-16-12-27(13-17-30)37(43)28-14-18-34-31(22-28)32-23-29(38(44)33(40-45)10-8-6-4-2)15-19-35(32)41(34)21-20-26-24-39-25-26/h12-19,22-23,26,39,45H,3-11,20-21,24-25H2,1-2H3/b40-33+. The highest BCUT2D eigenvalue weighted by atomic mass is 16.5. The molecule has 0 radical (unpaired) electrons. The number of ether oxygens (including phenoxy) is 1. The number of oxime groups is 1. The van der Waals surface area contributed by atoms with Crippen molar-refractivity contribution in [3.05, 3.63) is 77.4 Å². The average molecular weight is 624 g/mol. The number of Topliss-reactive ketones (excluding diaryl/α,β-unsaturated/α-hetero) is 1. The molecule has 1 aliphatic rings. The third-order valence-corrected chi connectivity index (χ3v) is 9.00. The van der Waals surface area contributed by atoms with Crippen molar-refractivity contribution < 1.29 is 24.3 Å². The number of carbonyl (C=O) groups excluding carboxylic acids is 3. The van der Waals surface area contributed by atoms with E-state index < -0.39 is 0 Å². The maximum atomic E-state index is 13.6. The smallest absolute Gasteiger partial charge is 0.311 e. The quantitative estimate of drug-likeness (QED) is 0.0234. The monoisotopic (exact) mass is 623 g/mol. The highest BCUT2D eigenvalue weighted by molar-refractivity contribution is 6.46. The Labute approximate surface area is 270 Å². The third-order valence-electron chi connectivity index (χ3n) is 9.00. The largest absolute Gasteiger partial charge is 0.427 e. The highest BCUT2D eigenvalue weighted by Gasteiger charge is 2.21. The lowest BCUT2D eigenvalue weighted by atomic mass is 9.98. The minimum absolute atomic E-state index is 0.140. The Morgan fingerprint density at radius 2 is 1.41 bits per heavy atom. The van der Waals surface area contributed by atoms with Crippen LogP contribution < -0.4 is 10.1 Å². The molecular formula is C38H45N3O5. The molecule has 3 aromatic carbocycles. The van der Waals surface area contributed by atoms with Gasteiger partial charge < -0.3 is 19.8 Å². The van der Waals surface area contributed by atoms with Gasteiger partial charge in [0.2, 0.25) is 5.78 Å². The summed E-state index contributed by atoms with van der Waals surface area (Å²) in [4.78, 5) is 39.2. The van der Waals surface area contributed by atoms with E-state index in [4.69, 9.17) is 4.74 Å². The van der Waals surface area contributed by atoms with E-state index in [2.05, 4.69) is 28.9 Å². The molecule has 8 nitrogen and oxygen atoms in total. The van der Waals surface area contributed by atoms with Gasteiger partial charge in [-0.15, -0.1) is 0 Å². The fourth-order valence-electron chi connectivity index (χ4n) is 6.13. The van der Waals surface area contributed by atoms with E-state index in [0.29, 0.717) is 41.2 Å². The molecule has 5 rings (SSSR count). The van der Waals surface area contributed by atoms with Gasteiger partial charge in [-0.25, -0.2) is 0 Å². The number of nitrogens with one attached hydrogen (secondary N) is 1. The summed E-state index contributed by atoms with van der Waals surface area (Å²) >= 11 is 0. The zero-order chi connectivity index (χ0) is 32.5. The lowest BCUT2D eigenvalue weighted by Gasteiger charge is -2.27. The van der Waals surface area contributed by atoms with Gasteiger partial charge in [0.05, 0.1) is 0 Å². The molecule has 1 saturated heterocycles. The number of ketones is 2. The number of aromatic nitrogens is 1. The van der Waals surface area contributed by atoms with Crippen LogP contribution in [0.3, 0.4) is 0 Å². The Kier molecular flexibility index (Phi) is 11.4. The summed E-state index contributed by atoms with van der Waals surface area (Å²) in [6, 6.07) is 18.1. The number of esters is 1. The number of hydrogen-bond donors (Lipinski definition) is 2. The molecule has 242 valence electrons. The van der Waals surface area contributed by atoms with Gasteiger partial charge in [0.15, 0.2) is 5.78 Å². The molecule has 0 unspecified atom stereocenters. The van der Waals surface area contributed by atoms with Gasteiger partial charge in [-0.2, -0.15) is 0 Å². The summed E-state index contributed by atoms with van der Waals surface area (Å²) in [6.07, 6.45) is 8.62. The summed E-state index contributed by atoms with van der Waals surface area (Å²) in [5.41, 5.74) is 3.66. The number of hydrogen-bond acceptors (Lipinski definition) is 7. The maximum absolute atomic E-state index is 13.6. The molecule has 0 aliphatic carbocycles. The van der Waals surface area contributed by atoms with Crippen LogP contribution in [0.1, 0.15) is 104 Å². The van der Waals surface area contributed by atoms with Crippen LogP contribution in [0, 0.1) is 5.92 Å². The van der Waals surface area contributed by atoms with E-state index in [1.165, 1.54) is 0 Å². The first-order valence-corrected chi connectivity index (χ1v) is 16.8. The van der Waals surface area contributed by atoms with E-state index >= 15 is 0 Å². The van der Waals surface area contributed by atoms with Crippen LogP contribution in [0.25, 0.3) is 21.8 Å². The van der Waals surface area contributed by atoms with Crippen molar-refractivity contribution in [2.24, 2.45) is 11.1 Å². The first-order valence-electron chi connectivity index (χ1n) is 16.8.